The van der Waals surface area contributed by atoms with Crippen molar-refractivity contribution in [1.29, 1.82) is 0 Å². The van der Waals surface area contributed by atoms with E-state index in [-0.39, 0.29) is 12.2 Å². The fraction of sp³-hybridized carbons (Fsp3) is 0.795. The van der Waals surface area contributed by atoms with Crippen LogP contribution in [0.15, 0.2) is 48.6 Å². The molecular weight excluding hydrogens is 588 g/mol. The molecule has 0 radical (unpaired) electrons. The standard InChI is InChI=1S/C44H82N2O2/c1-6-9-11-13-15-17-19-21-23-25-27-29-31-33-35-37-40-43(48-44(47)46(5)42-38-41-45(4)8-3)39-36-34-32-30-28-26-24-22-20-18-16-14-12-10-7-2/h14-17,20-23,43H,6-13,18-19,24-42H2,1-5H3/b16-14-,17-15-,22-20-,23-21-. The number of carbonyl (C=O) groups excluding carboxylic acids is 1. The van der Waals surface area contributed by atoms with Gasteiger partial charge in [-0.1, -0.05) is 146 Å². The van der Waals surface area contributed by atoms with E-state index in [9.17, 15) is 4.79 Å². The quantitative estimate of drug-likeness (QED) is 0.0497. The second kappa shape index (κ2) is 38.0. The minimum Gasteiger partial charge on any atom is -0.446 e. The number of allylic oxidation sites excluding steroid dienone is 8. The summed E-state index contributed by atoms with van der Waals surface area (Å²) in [6.07, 6.45) is 50.4. The van der Waals surface area contributed by atoms with Gasteiger partial charge in [0.05, 0.1) is 0 Å². The number of amides is 1. The highest BCUT2D eigenvalue weighted by Gasteiger charge is 2.17. The van der Waals surface area contributed by atoms with Crippen molar-refractivity contribution in [2.24, 2.45) is 0 Å². The molecule has 0 saturated carbocycles. The molecule has 1 atom stereocenters. The van der Waals surface area contributed by atoms with E-state index >= 15 is 0 Å². The van der Waals surface area contributed by atoms with Crippen molar-refractivity contribution in [2.45, 2.75) is 194 Å². The van der Waals surface area contributed by atoms with Gasteiger partial charge in [0, 0.05) is 13.6 Å². The molecule has 48 heavy (non-hydrogen) atoms. The first-order valence-electron chi connectivity index (χ1n) is 20.7. The number of unbranched alkanes of at least 4 members (excludes halogenated alkanes) is 17. The van der Waals surface area contributed by atoms with E-state index in [0.29, 0.717) is 0 Å². The summed E-state index contributed by atoms with van der Waals surface area (Å²) in [6, 6.07) is 0. The highest BCUT2D eigenvalue weighted by Crippen LogP contribution is 2.18. The molecule has 0 aromatic carbocycles. The first-order chi connectivity index (χ1) is 23.5. The fourth-order valence-corrected chi connectivity index (χ4v) is 5.85. The van der Waals surface area contributed by atoms with E-state index in [2.05, 4.69) is 81.3 Å². The van der Waals surface area contributed by atoms with Crippen molar-refractivity contribution < 1.29 is 9.53 Å². The highest BCUT2D eigenvalue weighted by atomic mass is 16.6. The van der Waals surface area contributed by atoms with Crippen molar-refractivity contribution in [3.05, 3.63) is 48.6 Å². The monoisotopic (exact) mass is 671 g/mol. The van der Waals surface area contributed by atoms with Gasteiger partial charge in [-0.05, 0) is 110 Å². The van der Waals surface area contributed by atoms with Crippen LogP contribution in [0, 0.1) is 0 Å². The number of nitrogens with zero attached hydrogens (tertiary/aromatic N) is 2. The number of hydrogen-bond acceptors (Lipinski definition) is 3. The zero-order valence-electron chi connectivity index (χ0n) is 32.9. The second-order valence-corrected chi connectivity index (χ2v) is 14.1. The van der Waals surface area contributed by atoms with Gasteiger partial charge in [0.2, 0.25) is 0 Å². The average Bonchev–Trinajstić information content (AvgIpc) is 3.09. The Labute approximate surface area is 300 Å². The molecule has 4 nitrogen and oxygen atoms in total. The molecule has 0 aliphatic rings. The van der Waals surface area contributed by atoms with Crippen molar-refractivity contribution in [2.75, 3.05) is 33.7 Å². The summed E-state index contributed by atoms with van der Waals surface area (Å²) in [7, 11) is 4.03. The van der Waals surface area contributed by atoms with Crippen LogP contribution >= 0.6 is 0 Å². The lowest BCUT2D eigenvalue weighted by atomic mass is 10.0. The Morgan fingerprint density at radius 3 is 1.38 bits per heavy atom. The second-order valence-electron chi connectivity index (χ2n) is 14.1. The van der Waals surface area contributed by atoms with E-state index in [1.807, 2.05) is 7.05 Å². The normalized spacial score (nSPS) is 12.9. The maximum Gasteiger partial charge on any atom is 0.409 e. The lowest BCUT2D eigenvalue weighted by Gasteiger charge is -2.23. The zero-order chi connectivity index (χ0) is 35.2. The van der Waals surface area contributed by atoms with E-state index in [0.717, 1.165) is 64.6 Å². The molecule has 0 aromatic rings. The SMILES string of the molecule is CCCC/C=C\C/C=C\CCCCCCCCC(CCCCCCCC/C=C\C/C=C\CCCCC)OC(=O)N(C)CCCN(C)CC. The maximum atomic E-state index is 12.9. The summed E-state index contributed by atoms with van der Waals surface area (Å²) in [6.45, 7) is 9.49. The van der Waals surface area contributed by atoms with Gasteiger partial charge in [-0.25, -0.2) is 4.79 Å². The molecule has 0 aliphatic carbocycles. The summed E-state index contributed by atoms with van der Waals surface area (Å²) < 4.78 is 6.09. The van der Waals surface area contributed by atoms with Gasteiger partial charge in [-0.2, -0.15) is 0 Å². The Kier molecular flexibility index (Phi) is 36.6. The summed E-state index contributed by atoms with van der Waals surface area (Å²) in [4.78, 5) is 17.0. The van der Waals surface area contributed by atoms with Gasteiger partial charge in [-0.3, -0.25) is 0 Å². The minimum atomic E-state index is -0.135. The molecule has 1 unspecified atom stereocenters. The maximum absolute atomic E-state index is 12.9. The largest absolute Gasteiger partial charge is 0.446 e. The zero-order valence-corrected chi connectivity index (χ0v) is 32.9. The van der Waals surface area contributed by atoms with Crippen LogP contribution in [0.2, 0.25) is 0 Å². The number of rotatable bonds is 35. The molecule has 0 bridgehead atoms. The Hall–Kier alpha value is -1.81. The van der Waals surface area contributed by atoms with Gasteiger partial charge < -0.3 is 14.5 Å². The molecule has 280 valence electrons. The Bertz CT molecular complexity index is 787. The van der Waals surface area contributed by atoms with Gasteiger partial charge in [-0.15, -0.1) is 0 Å². The Balaban J connectivity index is 4.23. The van der Waals surface area contributed by atoms with Crippen molar-refractivity contribution in [1.82, 2.24) is 9.80 Å². The van der Waals surface area contributed by atoms with Gasteiger partial charge in [0.1, 0.15) is 6.10 Å². The van der Waals surface area contributed by atoms with Crippen molar-refractivity contribution in [3.8, 4) is 0 Å². The van der Waals surface area contributed by atoms with Crippen molar-refractivity contribution >= 4 is 6.09 Å². The number of carbonyl (C=O) groups is 1. The molecule has 0 aliphatic heterocycles. The summed E-state index contributed by atoms with van der Waals surface area (Å²) >= 11 is 0. The lowest BCUT2D eigenvalue weighted by Crippen LogP contribution is -2.33. The number of ether oxygens (including phenoxy) is 1. The molecule has 0 aromatic heterocycles. The van der Waals surface area contributed by atoms with E-state index in [4.69, 9.17) is 4.74 Å². The molecule has 0 saturated heterocycles. The minimum absolute atomic E-state index is 0.0604. The molecule has 0 heterocycles. The van der Waals surface area contributed by atoms with Gasteiger partial charge >= 0.3 is 6.09 Å². The lowest BCUT2D eigenvalue weighted by molar-refractivity contribution is 0.0576. The fourth-order valence-electron chi connectivity index (χ4n) is 5.85. The molecular formula is C44H82N2O2. The third-order valence-corrected chi connectivity index (χ3v) is 9.36. The van der Waals surface area contributed by atoms with E-state index < -0.39 is 0 Å². The smallest absolute Gasteiger partial charge is 0.409 e. The first kappa shape index (κ1) is 46.2. The molecule has 0 rings (SSSR count). The van der Waals surface area contributed by atoms with Crippen LogP contribution in [0.5, 0.6) is 0 Å². The van der Waals surface area contributed by atoms with Crippen LogP contribution in [0.1, 0.15) is 188 Å². The van der Waals surface area contributed by atoms with Crippen molar-refractivity contribution in [3.63, 3.8) is 0 Å². The third-order valence-electron chi connectivity index (χ3n) is 9.36. The molecule has 4 heteroatoms. The van der Waals surface area contributed by atoms with Crippen LogP contribution in [0.3, 0.4) is 0 Å². The van der Waals surface area contributed by atoms with Crippen LogP contribution in [-0.4, -0.2) is 55.7 Å². The van der Waals surface area contributed by atoms with Gasteiger partial charge in [0.25, 0.3) is 0 Å². The third kappa shape index (κ3) is 34.1. The van der Waals surface area contributed by atoms with Crippen LogP contribution in [0.4, 0.5) is 4.79 Å². The highest BCUT2D eigenvalue weighted by molar-refractivity contribution is 5.67. The first-order valence-corrected chi connectivity index (χ1v) is 20.7. The summed E-state index contributed by atoms with van der Waals surface area (Å²) in [5.41, 5.74) is 0. The summed E-state index contributed by atoms with van der Waals surface area (Å²) in [5.74, 6) is 0. The van der Waals surface area contributed by atoms with E-state index in [1.54, 1.807) is 4.90 Å². The predicted octanol–water partition coefficient (Wildman–Crippen LogP) is 13.8. The van der Waals surface area contributed by atoms with Gasteiger partial charge in [0.15, 0.2) is 0 Å². The molecule has 0 N–H and O–H groups in total. The van der Waals surface area contributed by atoms with Crippen LogP contribution in [0.25, 0.3) is 0 Å². The van der Waals surface area contributed by atoms with Crippen LogP contribution < -0.4 is 0 Å². The molecule has 0 spiro atoms. The van der Waals surface area contributed by atoms with Crippen LogP contribution in [-0.2, 0) is 4.74 Å². The number of hydrogen-bond donors (Lipinski definition) is 0. The average molecular weight is 671 g/mol. The summed E-state index contributed by atoms with van der Waals surface area (Å²) in [5, 5.41) is 0. The van der Waals surface area contributed by atoms with E-state index in [1.165, 1.54) is 122 Å². The molecule has 1 amide bonds. The predicted molar refractivity (Wildman–Crippen MR) is 214 cm³/mol. The Morgan fingerprint density at radius 1 is 0.500 bits per heavy atom. The Morgan fingerprint density at radius 2 is 0.917 bits per heavy atom. The molecule has 0 fully saturated rings. The topological polar surface area (TPSA) is 32.8 Å².